The van der Waals surface area contributed by atoms with Crippen molar-refractivity contribution < 1.29 is 9.53 Å². The fourth-order valence-corrected chi connectivity index (χ4v) is 2.68. The number of rotatable bonds is 4. The van der Waals surface area contributed by atoms with Gasteiger partial charge in [-0.1, -0.05) is 44.2 Å². The standard InChI is InChI=1S/C17H23NO2/c1-3-15(14-8-6-5-7-9-14)16(4-2)17(19)18-10-12-20-13-11-18/h5-9H,3-4,10-13H2,1-2H3. The Morgan fingerprint density at radius 3 is 2.30 bits per heavy atom. The molecule has 0 atom stereocenters. The second-order valence-electron chi connectivity index (χ2n) is 4.93. The van der Waals surface area contributed by atoms with Gasteiger partial charge >= 0.3 is 0 Å². The lowest BCUT2D eigenvalue weighted by Crippen LogP contribution is -2.41. The number of nitrogens with zero attached hydrogens (tertiary/aromatic N) is 1. The van der Waals surface area contributed by atoms with Gasteiger partial charge in [0.05, 0.1) is 13.2 Å². The van der Waals surface area contributed by atoms with Gasteiger partial charge in [0.15, 0.2) is 0 Å². The molecule has 0 aliphatic carbocycles. The first-order valence-corrected chi connectivity index (χ1v) is 7.42. The van der Waals surface area contributed by atoms with Crippen molar-refractivity contribution in [3.63, 3.8) is 0 Å². The van der Waals surface area contributed by atoms with E-state index in [-0.39, 0.29) is 5.91 Å². The van der Waals surface area contributed by atoms with Crippen LogP contribution in [0.2, 0.25) is 0 Å². The third kappa shape index (κ3) is 3.28. The molecule has 1 fully saturated rings. The summed E-state index contributed by atoms with van der Waals surface area (Å²) in [5, 5.41) is 0. The summed E-state index contributed by atoms with van der Waals surface area (Å²) in [5.74, 6) is 0.177. The van der Waals surface area contributed by atoms with Crippen LogP contribution in [0.3, 0.4) is 0 Å². The average Bonchev–Trinajstić information content (AvgIpc) is 2.53. The van der Waals surface area contributed by atoms with Gasteiger partial charge in [-0.05, 0) is 24.0 Å². The van der Waals surface area contributed by atoms with Crippen molar-refractivity contribution in [3.8, 4) is 0 Å². The number of hydrogen-bond acceptors (Lipinski definition) is 2. The summed E-state index contributed by atoms with van der Waals surface area (Å²) >= 11 is 0. The summed E-state index contributed by atoms with van der Waals surface area (Å²) in [6.07, 6.45) is 1.65. The average molecular weight is 273 g/mol. The zero-order chi connectivity index (χ0) is 14.4. The van der Waals surface area contributed by atoms with Gasteiger partial charge in [-0.3, -0.25) is 4.79 Å². The molecular weight excluding hydrogens is 250 g/mol. The molecule has 1 heterocycles. The van der Waals surface area contributed by atoms with E-state index in [0.29, 0.717) is 26.3 Å². The monoisotopic (exact) mass is 273 g/mol. The van der Waals surface area contributed by atoms with E-state index >= 15 is 0 Å². The molecule has 0 aromatic heterocycles. The molecule has 1 amide bonds. The van der Waals surface area contributed by atoms with E-state index < -0.39 is 0 Å². The van der Waals surface area contributed by atoms with E-state index in [1.807, 2.05) is 23.1 Å². The number of ether oxygens (including phenoxy) is 1. The van der Waals surface area contributed by atoms with Crippen LogP contribution in [-0.4, -0.2) is 37.1 Å². The highest BCUT2D eigenvalue weighted by Crippen LogP contribution is 2.25. The molecule has 0 unspecified atom stereocenters. The van der Waals surface area contributed by atoms with Crippen molar-refractivity contribution in [2.24, 2.45) is 0 Å². The van der Waals surface area contributed by atoms with Crippen LogP contribution >= 0.6 is 0 Å². The van der Waals surface area contributed by atoms with Crippen molar-refractivity contribution in [1.82, 2.24) is 4.90 Å². The number of allylic oxidation sites excluding steroid dienone is 1. The molecule has 0 saturated carbocycles. The Balaban J connectivity index is 2.31. The molecule has 1 aromatic rings. The number of hydrogen-bond donors (Lipinski definition) is 0. The lowest BCUT2D eigenvalue weighted by Gasteiger charge is -2.28. The first-order chi connectivity index (χ1) is 9.77. The summed E-state index contributed by atoms with van der Waals surface area (Å²) in [4.78, 5) is 14.6. The van der Waals surface area contributed by atoms with Gasteiger partial charge in [0.25, 0.3) is 0 Å². The molecule has 3 heteroatoms. The molecule has 0 N–H and O–H groups in total. The molecule has 1 aliphatic heterocycles. The maximum Gasteiger partial charge on any atom is 0.250 e. The van der Waals surface area contributed by atoms with Crippen molar-refractivity contribution in [1.29, 1.82) is 0 Å². The zero-order valence-corrected chi connectivity index (χ0v) is 12.4. The molecule has 0 spiro atoms. The molecule has 2 rings (SSSR count). The fraction of sp³-hybridized carbons (Fsp3) is 0.471. The predicted octanol–water partition coefficient (Wildman–Crippen LogP) is 3.12. The van der Waals surface area contributed by atoms with Crippen LogP contribution in [0.15, 0.2) is 35.9 Å². The van der Waals surface area contributed by atoms with E-state index in [1.54, 1.807) is 0 Å². The maximum absolute atomic E-state index is 12.7. The van der Waals surface area contributed by atoms with Crippen molar-refractivity contribution >= 4 is 11.5 Å². The Kier molecular flexibility index (Phi) is 5.36. The second kappa shape index (κ2) is 7.25. The van der Waals surface area contributed by atoms with Crippen LogP contribution in [0, 0.1) is 0 Å². The van der Waals surface area contributed by atoms with Crippen LogP contribution in [0.1, 0.15) is 32.3 Å². The van der Waals surface area contributed by atoms with Crippen LogP contribution < -0.4 is 0 Å². The minimum absolute atomic E-state index is 0.177. The summed E-state index contributed by atoms with van der Waals surface area (Å²) in [6.45, 7) is 6.88. The highest BCUT2D eigenvalue weighted by Gasteiger charge is 2.22. The Hall–Kier alpha value is -1.61. The molecule has 0 radical (unpaired) electrons. The molecular formula is C17H23NO2. The predicted molar refractivity (Wildman–Crippen MR) is 81.3 cm³/mol. The quantitative estimate of drug-likeness (QED) is 0.789. The Labute approximate surface area is 121 Å². The molecule has 1 aliphatic rings. The molecule has 20 heavy (non-hydrogen) atoms. The highest BCUT2D eigenvalue weighted by atomic mass is 16.5. The third-order valence-corrected chi connectivity index (χ3v) is 3.75. The summed E-state index contributed by atoms with van der Waals surface area (Å²) in [6, 6.07) is 10.2. The van der Waals surface area contributed by atoms with Gasteiger partial charge in [-0.15, -0.1) is 0 Å². The molecule has 0 bridgehead atoms. The van der Waals surface area contributed by atoms with E-state index in [4.69, 9.17) is 4.74 Å². The first kappa shape index (κ1) is 14.8. The van der Waals surface area contributed by atoms with E-state index in [0.717, 1.165) is 24.0 Å². The minimum Gasteiger partial charge on any atom is -0.378 e. The van der Waals surface area contributed by atoms with Gasteiger partial charge in [0.2, 0.25) is 5.91 Å². The Morgan fingerprint density at radius 2 is 1.75 bits per heavy atom. The van der Waals surface area contributed by atoms with Crippen LogP contribution in [0.25, 0.3) is 5.57 Å². The van der Waals surface area contributed by atoms with Gasteiger partial charge in [0, 0.05) is 18.7 Å². The van der Waals surface area contributed by atoms with Gasteiger partial charge in [0.1, 0.15) is 0 Å². The molecule has 108 valence electrons. The molecule has 1 aromatic carbocycles. The topological polar surface area (TPSA) is 29.5 Å². The Bertz CT molecular complexity index is 473. The van der Waals surface area contributed by atoms with Crippen LogP contribution in [-0.2, 0) is 9.53 Å². The van der Waals surface area contributed by atoms with E-state index in [2.05, 4.69) is 26.0 Å². The summed E-state index contributed by atoms with van der Waals surface area (Å²) in [5.41, 5.74) is 3.28. The minimum atomic E-state index is 0.177. The maximum atomic E-state index is 12.7. The van der Waals surface area contributed by atoms with Gasteiger partial charge in [-0.25, -0.2) is 0 Å². The lowest BCUT2D eigenvalue weighted by molar-refractivity contribution is -0.131. The van der Waals surface area contributed by atoms with E-state index in [1.165, 1.54) is 5.57 Å². The number of benzene rings is 1. The summed E-state index contributed by atoms with van der Waals surface area (Å²) < 4.78 is 5.32. The molecule has 1 saturated heterocycles. The zero-order valence-electron chi connectivity index (χ0n) is 12.4. The van der Waals surface area contributed by atoms with Crippen molar-refractivity contribution in [3.05, 3.63) is 41.5 Å². The van der Waals surface area contributed by atoms with Crippen LogP contribution in [0.5, 0.6) is 0 Å². The smallest absolute Gasteiger partial charge is 0.250 e. The number of morpholine rings is 1. The van der Waals surface area contributed by atoms with Gasteiger partial charge in [-0.2, -0.15) is 0 Å². The second-order valence-corrected chi connectivity index (χ2v) is 4.93. The van der Waals surface area contributed by atoms with Gasteiger partial charge < -0.3 is 9.64 Å². The lowest BCUT2D eigenvalue weighted by atomic mass is 9.95. The summed E-state index contributed by atoms with van der Waals surface area (Å²) in [7, 11) is 0. The highest BCUT2D eigenvalue weighted by molar-refractivity contribution is 6.01. The third-order valence-electron chi connectivity index (χ3n) is 3.75. The fourth-order valence-electron chi connectivity index (χ4n) is 2.68. The number of carbonyl (C=O) groups is 1. The first-order valence-electron chi connectivity index (χ1n) is 7.42. The van der Waals surface area contributed by atoms with Crippen molar-refractivity contribution in [2.45, 2.75) is 26.7 Å². The number of amides is 1. The number of carbonyl (C=O) groups excluding carboxylic acids is 1. The largest absolute Gasteiger partial charge is 0.378 e. The van der Waals surface area contributed by atoms with Crippen LogP contribution in [0.4, 0.5) is 0 Å². The van der Waals surface area contributed by atoms with E-state index in [9.17, 15) is 4.79 Å². The normalized spacial score (nSPS) is 16.8. The SMILES string of the molecule is CCC(C(=O)N1CCOCC1)=C(CC)c1ccccc1. The Morgan fingerprint density at radius 1 is 1.10 bits per heavy atom. The molecule has 3 nitrogen and oxygen atoms in total. The van der Waals surface area contributed by atoms with Crippen molar-refractivity contribution in [2.75, 3.05) is 26.3 Å².